The van der Waals surface area contributed by atoms with E-state index in [1.54, 1.807) is 11.8 Å². The first-order chi connectivity index (χ1) is 26.3. The molecule has 0 saturated carbocycles. The van der Waals surface area contributed by atoms with Crippen LogP contribution in [0.4, 0.5) is 0 Å². The zero-order valence-corrected chi connectivity index (χ0v) is 29.2. The van der Waals surface area contributed by atoms with Gasteiger partial charge in [-0.2, -0.15) is 0 Å². The number of hydrogen-bond acceptors (Lipinski definition) is 3. The maximum atomic E-state index is 5.40. The number of para-hydroxylation sites is 2. The summed E-state index contributed by atoms with van der Waals surface area (Å²) in [5.41, 5.74) is 11.2. The average Bonchev–Trinajstić information content (AvgIpc) is 3.73. The van der Waals surface area contributed by atoms with Gasteiger partial charge in [0.25, 0.3) is 0 Å². The van der Waals surface area contributed by atoms with Crippen LogP contribution in [0.2, 0.25) is 0 Å². The van der Waals surface area contributed by atoms with Gasteiger partial charge < -0.3 is 4.57 Å². The van der Waals surface area contributed by atoms with Crippen LogP contribution in [0.5, 0.6) is 0 Å². The third-order valence-electron chi connectivity index (χ3n) is 10.9. The van der Waals surface area contributed by atoms with E-state index in [0.717, 1.165) is 38.9 Å². The van der Waals surface area contributed by atoms with E-state index in [9.17, 15) is 0 Å². The second-order valence-electron chi connectivity index (χ2n) is 13.8. The first-order valence-corrected chi connectivity index (χ1v) is 18.7. The number of fused-ring (bicyclic) bond motifs is 10. The Hall–Kier alpha value is -6.69. The molecule has 1 aliphatic heterocycles. The lowest BCUT2D eigenvalue weighted by atomic mass is 9.99. The van der Waals surface area contributed by atoms with E-state index in [2.05, 4.69) is 179 Å². The highest BCUT2D eigenvalue weighted by atomic mass is 32.2. The number of nitrogens with zero attached hydrogens (tertiary/aromatic N) is 4. The van der Waals surface area contributed by atoms with Crippen molar-refractivity contribution in [2.24, 2.45) is 0 Å². The van der Waals surface area contributed by atoms with E-state index in [1.165, 1.54) is 64.3 Å². The average molecular weight is 693 g/mol. The molecule has 4 nitrogen and oxygen atoms in total. The monoisotopic (exact) mass is 692 g/mol. The maximum absolute atomic E-state index is 5.40. The SMILES string of the molecule is c1ccc(-n2c3ccccc3c3cc(-c4ccc5c(c4)c4c6ccccc6ccc4n5-c4nc5c6c(cccc6n4)Sc4ccccc4-5)ccc32)cc1. The highest BCUT2D eigenvalue weighted by Crippen LogP contribution is 2.47. The molecule has 0 atom stereocenters. The van der Waals surface area contributed by atoms with Crippen molar-refractivity contribution >= 4 is 77.0 Å². The summed E-state index contributed by atoms with van der Waals surface area (Å²) in [7, 11) is 0. The minimum atomic E-state index is 0.685. The number of benzene rings is 8. The third kappa shape index (κ3) is 4.14. The number of rotatable bonds is 3. The van der Waals surface area contributed by atoms with Gasteiger partial charge in [0, 0.05) is 48.0 Å². The molecule has 3 aromatic heterocycles. The number of aromatic nitrogens is 4. The van der Waals surface area contributed by atoms with E-state index in [1.807, 2.05) is 0 Å². The molecule has 0 unspecified atom stereocenters. The van der Waals surface area contributed by atoms with Crippen molar-refractivity contribution in [1.29, 1.82) is 0 Å². The van der Waals surface area contributed by atoms with Gasteiger partial charge in [0.15, 0.2) is 0 Å². The standard InChI is InChI=1S/C48H28N4S/c1-2-12-32(13-3-1)51-39-18-8-6-15-34(39)36-27-30(22-24-40(36)51)31-23-25-41-37(28-31)45-33-14-5-4-11-29(33)21-26-42(45)52(41)48-49-38-17-10-20-44-46(38)47(50-48)35-16-7-9-19-43(35)53-44/h1-28H. The molecule has 0 aliphatic carbocycles. The van der Waals surface area contributed by atoms with Gasteiger partial charge in [0.2, 0.25) is 5.95 Å². The van der Waals surface area contributed by atoms with Crippen molar-refractivity contribution in [3.63, 3.8) is 0 Å². The minimum Gasteiger partial charge on any atom is -0.309 e. The van der Waals surface area contributed by atoms with Gasteiger partial charge in [-0.1, -0.05) is 115 Å². The van der Waals surface area contributed by atoms with E-state index < -0.39 is 0 Å². The lowest BCUT2D eigenvalue weighted by Crippen LogP contribution is -2.05. The molecule has 11 aromatic rings. The van der Waals surface area contributed by atoms with Gasteiger partial charge in [-0.05, 0) is 88.6 Å². The van der Waals surface area contributed by atoms with Crippen LogP contribution in [0, 0.1) is 0 Å². The molecule has 0 fully saturated rings. The Labute approximate surface area is 308 Å². The topological polar surface area (TPSA) is 35.6 Å². The van der Waals surface area contributed by atoms with E-state index in [4.69, 9.17) is 9.97 Å². The van der Waals surface area contributed by atoms with Gasteiger partial charge in [0.1, 0.15) is 0 Å². The molecule has 246 valence electrons. The van der Waals surface area contributed by atoms with E-state index in [-0.39, 0.29) is 0 Å². The van der Waals surface area contributed by atoms with Crippen molar-refractivity contribution < 1.29 is 0 Å². The molecule has 0 N–H and O–H groups in total. The summed E-state index contributed by atoms with van der Waals surface area (Å²) in [6.45, 7) is 0. The largest absolute Gasteiger partial charge is 0.309 e. The smallest absolute Gasteiger partial charge is 0.235 e. The Morgan fingerprint density at radius 2 is 1.09 bits per heavy atom. The van der Waals surface area contributed by atoms with Crippen LogP contribution in [0.25, 0.3) is 99.3 Å². The van der Waals surface area contributed by atoms with Crippen LogP contribution in [-0.2, 0) is 0 Å². The first-order valence-electron chi connectivity index (χ1n) is 17.9. The summed E-state index contributed by atoms with van der Waals surface area (Å²) < 4.78 is 4.64. The Balaban J connectivity index is 1.12. The summed E-state index contributed by atoms with van der Waals surface area (Å²) in [5.74, 6) is 0.685. The van der Waals surface area contributed by atoms with Crippen LogP contribution in [0.15, 0.2) is 180 Å². The Kier molecular flexibility index (Phi) is 5.96. The highest BCUT2D eigenvalue weighted by Gasteiger charge is 2.24. The summed E-state index contributed by atoms with van der Waals surface area (Å²) in [6, 6.07) is 61.3. The summed E-state index contributed by atoms with van der Waals surface area (Å²) in [5, 5.41) is 8.44. The zero-order chi connectivity index (χ0) is 34.6. The molecule has 1 aliphatic rings. The van der Waals surface area contributed by atoms with Crippen LogP contribution in [0.3, 0.4) is 0 Å². The Bertz CT molecular complexity index is 3320. The van der Waals surface area contributed by atoms with Crippen molar-refractivity contribution in [3.8, 4) is 34.0 Å². The van der Waals surface area contributed by atoms with E-state index >= 15 is 0 Å². The molecule has 0 spiro atoms. The lowest BCUT2D eigenvalue weighted by molar-refractivity contribution is 1.01. The molecular weight excluding hydrogens is 665 g/mol. The normalized spacial score (nSPS) is 12.5. The predicted molar refractivity (Wildman–Crippen MR) is 221 cm³/mol. The molecule has 8 aromatic carbocycles. The first kappa shape index (κ1) is 28.9. The van der Waals surface area contributed by atoms with Gasteiger partial charge >= 0.3 is 0 Å². The molecule has 0 saturated heterocycles. The van der Waals surface area contributed by atoms with Gasteiger partial charge in [0.05, 0.1) is 33.3 Å². The molecule has 0 amide bonds. The van der Waals surface area contributed by atoms with E-state index in [0.29, 0.717) is 5.95 Å². The van der Waals surface area contributed by atoms with Crippen LogP contribution in [0.1, 0.15) is 0 Å². The van der Waals surface area contributed by atoms with Crippen molar-refractivity contribution in [3.05, 3.63) is 170 Å². The molecule has 12 rings (SSSR count). The highest BCUT2D eigenvalue weighted by molar-refractivity contribution is 7.99. The second kappa shape index (κ2) is 10.9. The molecule has 53 heavy (non-hydrogen) atoms. The molecule has 0 radical (unpaired) electrons. The fraction of sp³-hybridized carbons (Fsp3) is 0. The summed E-state index contributed by atoms with van der Waals surface area (Å²) in [4.78, 5) is 13.1. The van der Waals surface area contributed by atoms with Gasteiger partial charge in [-0.3, -0.25) is 4.57 Å². The predicted octanol–water partition coefficient (Wildman–Crippen LogP) is 12.8. The van der Waals surface area contributed by atoms with Crippen LogP contribution >= 0.6 is 11.8 Å². The fourth-order valence-electron chi connectivity index (χ4n) is 8.58. The van der Waals surface area contributed by atoms with Gasteiger partial charge in [-0.25, -0.2) is 9.97 Å². The van der Waals surface area contributed by atoms with Crippen molar-refractivity contribution in [2.75, 3.05) is 0 Å². The van der Waals surface area contributed by atoms with Crippen LogP contribution < -0.4 is 0 Å². The molecule has 0 bridgehead atoms. The van der Waals surface area contributed by atoms with Crippen molar-refractivity contribution in [1.82, 2.24) is 19.1 Å². The molecule has 5 heteroatoms. The minimum absolute atomic E-state index is 0.685. The Morgan fingerprint density at radius 1 is 0.415 bits per heavy atom. The maximum Gasteiger partial charge on any atom is 0.235 e. The van der Waals surface area contributed by atoms with Crippen LogP contribution in [-0.4, -0.2) is 19.1 Å². The summed E-state index contributed by atoms with van der Waals surface area (Å²) >= 11 is 1.80. The molecular formula is C48H28N4S. The zero-order valence-electron chi connectivity index (χ0n) is 28.4. The Morgan fingerprint density at radius 3 is 1.98 bits per heavy atom. The third-order valence-corrected chi connectivity index (χ3v) is 12.0. The molecule has 4 heterocycles. The lowest BCUT2D eigenvalue weighted by Gasteiger charge is -2.20. The van der Waals surface area contributed by atoms with Gasteiger partial charge in [-0.15, -0.1) is 0 Å². The quantitative estimate of drug-likeness (QED) is 0.185. The number of hydrogen-bond donors (Lipinski definition) is 0. The fourth-order valence-corrected chi connectivity index (χ4v) is 9.69. The van der Waals surface area contributed by atoms with Crippen molar-refractivity contribution in [2.45, 2.75) is 9.79 Å². The summed E-state index contributed by atoms with van der Waals surface area (Å²) in [6.07, 6.45) is 0. The second-order valence-corrected chi connectivity index (χ2v) is 14.9.